The minimum atomic E-state index is 0.0501. The molecular weight excluding hydrogens is 288 g/mol. The molecule has 1 aliphatic heterocycles. The van der Waals surface area contributed by atoms with Crippen LogP contribution in [0.2, 0.25) is 0 Å². The van der Waals surface area contributed by atoms with Gasteiger partial charge in [-0.2, -0.15) is 11.8 Å². The highest BCUT2D eigenvalue weighted by molar-refractivity contribution is 7.99. The third kappa shape index (κ3) is 3.50. The van der Waals surface area contributed by atoms with Gasteiger partial charge in [0.15, 0.2) is 0 Å². The van der Waals surface area contributed by atoms with Gasteiger partial charge < -0.3 is 10.2 Å². The van der Waals surface area contributed by atoms with Crippen LogP contribution in [0.4, 0.5) is 4.79 Å². The van der Waals surface area contributed by atoms with Gasteiger partial charge >= 0.3 is 6.03 Å². The fourth-order valence-electron chi connectivity index (χ4n) is 2.46. The maximum absolute atomic E-state index is 12.3. The number of nitrogens with one attached hydrogen (secondary N) is 1. The summed E-state index contributed by atoms with van der Waals surface area (Å²) in [7, 11) is 1.91. The van der Waals surface area contributed by atoms with Gasteiger partial charge in [-0.15, -0.1) is 11.3 Å². The standard InChI is InChI=1S/C15H24N2OS2/c1-5-13-10(2)8-14(20-13)11(3)16-15(18)17(4)12-6-7-19-9-12/h8,11-12H,5-7,9H2,1-4H3,(H,16,18). The van der Waals surface area contributed by atoms with Crippen LogP contribution in [-0.2, 0) is 6.42 Å². The van der Waals surface area contributed by atoms with E-state index in [1.54, 1.807) is 0 Å². The molecule has 1 saturated heterocycles. The summed E-state index contributed by atoms with van der Waals surface area (Å²) in [6.45, 7) is 6.40. The molecule has 5 heteroatoms. The highest BCUT2D eigenvalue weighted by Gasteiger charge is 2.25. The largest absolute Gasteiger partial charge is 0.331 e. The predicted octanol–water partition coefficient (Wildman–Crippen LogP) is 3.83. The van der Waals surface area contributed by atoms with Crippen molar-refractivity contribution < 1.29 is 4.79 Å². The summed E-state index contributed by atoms with van der Waals surface area (Å²) in [5, 5.41) is 3.13. The summed E-state index contributed by atoms with van der Waals surface area (Å²) in [6, 6.07) is 2.74. The summed E-state index contributed by atoms with van der Waals surface area (Å²) in [5.74, 6) is 2.23. The van der Waals surface area contributed by atoms with Crippen molar-refractivity contribution in [1.82, 2.24) is 10.2 Å². The maximum atomic E-state index is 12.3. The SMILES string of the molecule is CCc1sc(C(C)NC(=O)N(C)C2CCSC2)cc1C. The number of hydrogen-bond donors (Lipinski definition) is 1. The summed E-state index contributed by atoms with van der Waals surface area (Å²) >= 11 is 3.75. The molecular formula is C15H24N2OS2. The Morgan fingerprint density at radius 1 is 1.60 bits per heavy atom. The number of aryl methyl sites for hydroxylation is 2. The number of rotatable bonds is 4. The third-order valence-corrected chi connectivity index (χ3v) is 6.61. The van der Waals surface area contributed by atoms with E-state index in [-0.39, 0.29) is 12.1 Å². The van der Waals surface area contributed by atoms with E-state index >= 15 is 0 Å². The van der Waals surface area contributed by atoms with Gasteiger partial charge in [-0.05, 0) is 44.1 Å². The Morgan fingerprint density at radius 2 is 2.35 bits per heavy atom. The molecule has 2 heterocycles. The Labute approximate surface area is 130 Å². The van der Waals surface area contributed by atoms with E-state index in [2.05, 4.69) is 32.2 Å². The smallest absolute Gasteiger partial charge is 0.317 e. The molecule has 2 rings (SSSR count). The molecule has 20 heavy (non-hydrogen) atoms. The maximum Gasteiger partial charge on any atom is 0.317 e. The molecule has 1 fully saturated rings. The van der Waals surface area contributed by atoms with Crippen molar-refractivity contribution in [2.45, 2.75) is 45.7 Å². The summed E-state index contributed by atoms with van der Waals surface area (Å²) in [5.41, 5.74) is 1.34. The molecule has 1 N–H and O–H groups in total. The first-order chi connectivity index (χ1) is 9.52. The van der Waals surface area contributed by atoms with Crippen LogP contribution in [-0.4, -0.2) is 35.5 Å². The molecule has 0 saturated carbocycles. The highest BCUT2D eigenvalue weighted by Crippen LogP contribution is 2.28. The number of thiophene rings is 1. The molecule has 1 aromatic heterocycles. The van der Waals surface area contributed by atoms with Gasteiger partial charge in [0.1, 0.15) is 0 Å². The zero-order chi connectivity index (χ0) is 14.7. The molecule has 1 aliphatic rings. The van der Waals surface area contributed by atoms with Crippen LogP contribution in [0, 0.1) is 6.92 Å². The lowest BCUT2D eigenvalue weighted by Gasteiger charge is -2.25. The molecule has 2 amide bonds. The van der Waals surface area contributed by atoms with Crippen molar-refractivity contribution in [3.05, 3.63) is 21.4 Å². The van der Waals surface area contributed by atoms with Crippen molar-refractivity contribution >= 4 is 29.1 Å². The lowest BCUT2D eigenvalue weighted by Crippen LogP contribution is -2.44. The Morgan fingerprint density at radius 3 is 2.90 bits per heavy atom. The first kappa shape index (κ1) is 15.7. The van der Waals surface area contributed by atoms with Crippen LogP contribution in [0.5, 0.6) is 0 Å². The van der Waals surface area contributed by atoms with Gasteiger partial charge in [-0.1, -0.05) is 6.92 Å². The van der Waals surface area contributed by atoms with Gasteiger partial charge in [0.2, 0.25) is 0 Å². The number of urea groups is 1. The van der Waals surface area contributed by atoms with Gasteiger partial charge in [0.05, 0.1) is 6.04 Å². The van der Waals surface area contributed by atoms with Crippen molar-refractivity contribution in [3.8, 4) is 0 Å². The van der Waals surface area contributed by atoms with E-state index in [1.807, 2.05) is 35.0 Å². The zero-order valence-corrected chi connectivity index (χ0v) is 14.4. The van der Waals surface area contributed by atoms with Crippen molar-refractivity contribution in [2.24, 2.45) is 0 Å². The highest BCUT2D eigenvalue weighted by atomic mass is 32.2. The molecule has 3 nitrogen and oxygen atoms in total. The van der Waals surface area contributed by atoms with Gasteiger partial charge in [-0.3, -0.25) is 0 Å². The number of thioether (sulfide) groups is 1. The van der Waals surface area contributed by atoms with E-state index in [0.29, 0.717) is 6.04 Å². The average Bonchev–Trinajstić information content (AvgIpc) is 3.06. The van der Waals surface area contributed by atoms with Crippen LogP contribution in [0.3, 0.4) is 0 Å². The van der Waals surface area contributed by atoms with Crippen molar-refractivity contribution in [2.75, 3.05) is 18.6 Å². The first-order valence-electron chi connectivity index (χ1n) is 7.23. The van der Waals surface area contributed by atoms with E-state index in [0.717, 1.165) is 18.6 Å². The predicted molar refractivity (Wildman–Crippen MR) is 88.9 cm³/mol. The second kappa shape index (κ2) is 6.85. The monoisotopic (exact) mass is 312 g/mol. The molecule has 0 bridgehead atoms. The quantitative estimate of drug-likeness (QED) is 0.916. The molecule has 1 aromatic rings. The third-order valence-electron chi connectivity index (χ3n) is 3.90. The fraction of sp³-hybridized carbons (Fsp3) is 0.667. The Balaban J connectivity index is 1.95. The number of nitrogens with zero attached hydrogens (tertiary/aromatic N) is 1. The molecule has 112 valence electrons. The van der Waals surface area contributed by atoms with Gasteiger partial charge in [0, 0.05) is 28.6 Å². The molecule has 0 spiro atoms. The summed E-state index contributed by atoms with van der Waals surface area (Å²) in [4.78, 5) is 16.8. The zero-order valence-electron chi connectivity index (χ0n) is 12.7. The Hall–Kier alpha value is -0.680. The number of amides is 2. The van der Waals surface area contributed by atoms with Crippen LogP contribution in [0.15, 0.2) is 6.07 Å². The lowest BCUT2D eigenvalue weighted by atomic mass is 10.2. The van der Waals surface area contributed by atoms with Crippen LogP contribution in [0.1, 0.15) is 41.6 Å². The average molecular weight is 313 g/mol. The molecule has 2 atom stereocenters. The summed E-state index contributed by atoms with van der Waals surface area (Å²) in [6.07, 6.45) is 2.18. The lowest BCUT2D eigenvalue weighted by molar-refractivity contribution is 0.192. The Bertz CT molecular complexity index is 466. The molecule has 0 aromatic carbocycles. The van der Waals surface area contributed by atoms with E-state index in [1.165, 1.54) is 21.1 Å². The molecule has 0 radical (unpaired) electrons. The van der Waals surface area contributed by atoms with Crippen LogP contribution < -0.4 is 5.32 Å². The minimum absolute atomic E-state index is 0.0501. The Kier molecular flexibility index (Phi) is 5.38. The van der Waals surface area contributed by atoms with Gasteiger partial charge in [0.25, 0.3) is 0 Å². The number of hydrogen-bond acceptors (Lipinski definition) is 3. The first-order valence-corrected chi connectivity index (χ1v) is 9.20. The van der Waals surface area contributed by atoms with E-state index in [9.17, 15) is 4.79 Å². The fourth-order valence-corrected chi connectivity index (χ4v) is 4.85. The summed E-state index contributed by atoms with van der Waals surface area (Å²) < 4.78 is 0. The van der Waals surface area contributed by atoms with E-state index in [4.69, 9.17) is 0 Å². The molecule has 0 aliphatic carbocycles. The minimum Gasteiger partial charge on any atom is -0.331 e. The second-order valence-corrected chi connectivity index (χ2v) is 7.73. The van der Waals surface area contributed by atoms with Gasteiger partial charge in [-0.25, -0.2) is 4.79 Å². The topological polar surface area (TPSA) is 32.3 Å². The number of carbonyl (C=O) groups excluding carboxylic acids is 1. The molecule has 2 unspecified atom stereocenters. The van der Waals surface area contributed by atoms with Crippen molar-refractivity contribution in [3.63, 3.8) is 0 Å². The second-order valence-electron chi connectivity index (χ2n) is 5.41. The normalized spacial score (nSPS) is 19.9. The van der Waals surface area contributed by atoms with Crippen LogP contribution >= 0.6 is 23.1 Å². The number of carbonyl (C=O) groups is 1. The van der Waals surface area contributed by atoms with Crippen molar-refractivity contribution in [1.29, 1.82) is 0 Å². The van der Waals surface area contributed by atoms with E-state index < -0.39 is 0 Å². The van der Waals surface area contributed by atoms with Crippen LogP contribution in [0.25, 0.3) is 0 Å².